The smallest absolute Gasteiger partial charge is 0.214 e. The van der Waals surface area contributed by atoms with Crippen LogP contribution in [-0.2, 0) is 16.6 Å². The molecular formula is C11H14N2O2S2. The molecule has 1 aromatic heterocycles. The largest absolute Gasteiger partial charge is 0.320 e. The van der Waals surface area contributed by atoms with Crippen LogP contribution in [0.4, 0.5) is 0 Å². The average Bonchev–Trinajstić information content (AvgIpc) is 2.84. The Labute approximate surface area is 105 Å². The van der Waals surface area contributed by atoms with Crippen LogP contribution in [-0.4, -0.2) is 31.6 Å². The summed E-state index contributed by atoms with van der Waals surface area (Å²) in [4.78, 5) is 1.96. The third-order valence-corrected chi connectivity index (χ3v) is 5.40. The maximum atomic E-state index is 11.6. The van der Waals surface area contributed by atoms with Gasteiger partial charge in [0.25, 0.3) is 0 Å². The zero-order valence-corrected chi connectivity index (χ0v) is 11.0. The number of hydrogen-bond donors (Lipinski definition) is 1. The molecule has 92 valence electrons. The third-order valence-electron chi connectivity index (χ3n) is 2.51. The third kappa shape index (κ3) is 3.07. The minimum Gasteiger partial charge on any atom is -0.320 e. The van der Waals surface area contributed by atoms with Gasteiger partial charge in [-0.3, -0.25) is 0 Å². The van der Waals surface area contributed by atoms with Gasteiger partial charge in [0.2, 0.25) is 10.0 Å². The first-order valence-corrected chi connectivity index (χ1v) is 7.80. The molecule has 0 aromatic carbocycles. The second kappa shape index (κ2) is 5.19. The molecule has 6 heteroatoms. The van der Waals surface area contributed by atoms with Crippen LogP contribution >= 0.6 is 11.3 Å². The summed E-state index contributed by atoms with van der Waals surface area (Å²) in [5, 5.41) is 0. The van der Waals surface area contributed by atoms with Crippen molar-refractivity contribution in [1.29, 1.82) is 0 Å². The molecule has 1 aliphatic rings. The van der Waals surface area contributed by atoms with Gasteiger partial charge in [-0.1, -0.05) is 11.8 Å². The fraction of sp³-hybridized carbons (Fsp3) is 0.455. The monoisotopic (exact) mass is 270 g/mol. The highest BCUT2D eigenvalue weighted by Gasteiger charge is 2.28. The maximum Gasteiger partial charge on any atom is 0.214 e. The normalized spacial score (nSPS) is 18.9. The van der Waals surface area contributed by atoms with Crippen molar-refractivity contribution in [2.24, 2.45) is 5.73 Å². The standard InChI is InChI=1S/C11H14N2O2S2/c12-6-1-3-10-4-5-11(16-10)9-13-7-2-8-17(13,14)15/h4-5H,2,6-9,12H2. The average molecular weight is 270 g/mol. The van der Waals surface area contributed by atoms with E-state index in [0.29, 0.717) is 19.6 Å². The Morgan fingerprint density at radius 2 is 2.29 bits per heavy atom. The van der Waals surface area contributed by atoms with Gasteiger partial charge in [0.05, 0.1) is 17.2 Å². The summed E-state index contributed by atoms with van der Waals surface area (Å²) in [6, 6.07) is 3.84. The highest BCUT2D eigenvalue weighted by molar-refractivity contribution is 7.89. The van der Waals surface area contributed by atoms with Crippen LogP contribution in [0.2, 0.25) is 0 Å². The second-order valence-corrected chi connectivity index (χ2v) is 7.03. The van der Waals surface area contributed by atoms with Crippen molar-refractivity contribution < 1.29 is 8.42 Å². The summed E-state index contributed by atoms with van der Waals surface area (Å²) < 4.78 is 24.8. The van der Waals surface area contributed by atoms with Crippen LogP contribution in [0.1, 0.15) is 16.2 Å². The molecule has 0 radical (unpaired) electrons. The van der Waals surface area contributed by atoms with Crippen LogP contribution in [0, 0.1) is 11.8 Å². The molecule has 0 spiro atoms. The molecule has 0 aliphatic carbocycles. The van der Waals surface area contributed by atoms with Crippen LogP contribution in [0.25, 0.3) is 0 Å². The first-order valence-electron chi connectivity index (χ1n) is 5.37. The summed E-state index contributed by atoms with van der Waals surface area (Å²) >= 11 is 1.53. The van der Waals surface area contributed by atoms with E-state index in [1.807, 2.05) is 12.1 Å². The van der Waals surface area contributed by atoms with Crippen molar-refractivity contribution in [3.05, 3.63) is 21.9 Å². The summed E-state index contributed by atoms with van der Waals surface area (Å²) in [5.74, 6) is 6.01. The Morgan fingerprint density at radius 1 is 1.47 bits per heavy atom. The minimum atomic E-state index is -3.01. The van der Waals surface area contributed by atoms with Crippen LogP contribution in [0.15, 0.2) is 12.1 Å². The van der Waals surface area contributed by atoms with Crippen molar-refractivity contribution in [1.82, 2.24) is 4.31 Å². The molecule has 2 rings (SSSR count). The molecule has 4 nitrogen and oxygen atoms in total. The lowest BCUT2D eigenvalue weighted by Crippen LogP contribution is -2.24. The van der Waals surface area contributed by atoms with Crippen molar-refractivity contribution in [2.75, 3.05) is 18.8 Å². The summed E-state index contributed by atoms with van der Waals surface area (Å²) in [7, 11) is -3.01. The number of rotatable bonds is 2. The number of nitrogens with two attached hydrogens (primary N) is 1. The lowest BCUT2D eigenvalue weighted by atomic mass is 10.4. The summed E-state index contributed by atoms with van der Waals surface area (Å²) in [6.45, 7) is 1.44. The Bertz CT molecular complexity index is 552. The predicted octanol–water partition coefficient (Wildman–Crippen LogP) is 0.594. The molecule has 2 heterocycles. The number of sulfonamides is 1. The second-order valence-electron chi connectivity index (χ2n) is 3.77. The van der Waals surface area contributed by atoms with Gasteiger partial charge in [-0.2, -0.15) is 4.31 Å². The Kier molecular flexibility index (Phi) is 3.84. The van der Waals surface area contributed by atoms with E-state index >= 15 is 0 Å². The first-order chi connectivity index (χ1) is 8.12. The van der Waals surface area contributed by atoms with E-state index in [0.717, 1.165) is 16.2 Å². The van der Waals surface area contributed by atoms with E-state index < -0.39 is 10.0 Å². The van der Waals surface area contributed by atoms with Gasteiger partial charge < -0.3 is 5.73 Å². The SMILES string of the molecule is NCC#Cc1ccc(CN2CCCS2(=O)=O)s1. The lowest BCUT2D eigenvalue weighted by molar-refractivity contribution is 0.443. The summed E-state index contributed by atoms with van der Waals surface area (Å²) in [5.41, 5.74) is 5.29. The zero-order valence-electron chi connectivity index (χ0n) is 9.35. The van der Waals surface area contributed by atoms with E-state index in [4.69, 9.17) is 5.73 Å². The first kappa shape index (κ1) is 12.6. The van der Waals surface area contributed by atoms with Gasteiger partial charge in [0.1, 0.15) is 0 Å². The lowest BCUT2D eigenvalue weighted by Gasteiger charge is -2.12. The van der Waals surface area contributed by atoms with E-state index in [2.05, 4.69) is 11.8 Å². The molecule has 17 heavy (non-hydrogen) atoms. The van der Waals surface area contributed by atoms with E-state index in [-0.39, 0.29) is 5.75 Å². The number of thiophene rings is 1. The van der Waals surface area contributed by atoms with Crippen molar-refractivity contribution >= 4 is 21.4 Å². The number of hydrogen-bond acceptors (Lipinski definition) is 4. The topological polar surface area (TPSA) is 63.4 Å². The molecule has 0 bridgehead atoms. The Hall–Kier alpha value is -0.870. The molecule has 1 aliphatic heterocycles. The van der Waals surface area contributed by atoms with Crippen LogP contribution in [0.5, 0.6) is 0 Å². The number of nitrogens with zero attached hydrogens (tertiary/aromatic N) is 1. The molecule has 0 unspecified atom stereocenters. The predicted molar refractivity (Wildman–Crippen MR) is 69.1 cm³/mol. The van der Waals surface area contributed by atoms with Crippen molar-refractivity contribution in [2.45, 2.75) is 13.0 Å². The fourth-order valence-corrected chi connectivity index (χ4v) is 4.19. The highest BCUT2D eigenvalue weighted by Crippen LogP contribution is 2.22. The van der Waals surface area contributed by atoms with E-state index in [1.54, 1.807) is 4.31 Å². The molecular weight excluding hydrogens is 256 g/mol. The molecule has 0 amide bonds. The molecule has 1 fully saturated rings. The van der Waals surface area contributed by atoms with Crippen LogP contribution < -0.4 is 5.73 Å². The molecule has 0 atom stereocenters. The Balaban J connectivity index is 2.07. The fourth-order valence-electron chi connectivity index (χ4n) is 1.71. The summed E-state index contributed by atoms with van der Waals surface area (Å²) in [6.07, 6.45) is 0.730. The van der Waals surface area contributed by atoms with Gasteiger partial charge in [-0.05, 0) is 18.6 Å². The van der Waals surface area contributed by atoms with Gasteiger partial charge in [-0.15, -0.1) is 11.3 Å². The van der Waals surface area contributed by atoms with Gasteiger partial charge in [0.15, 0.2) is 0 Å². The minimum absolute atomic E-state index is 0.276. The molecule has 0 saturated carbocycles. The molecule has 1 saturated heterocycles. The van der Waals surface area contributed by atoms with Gasteiger partial charge in [-0.25, -0.2) is 8.42 Å². The maximum absolute atomic E-state index is 11.6. The highest BCUT2D eigenvalue weighted by atomic mass is 32.2. The van der Waals surface area contributed by atoms with Crippen LogP contribution in [0.3, 0.4) is 0 Å². The van der Waals surface area contributed by atoms with Crippen molar-refractivity contribution in [3.8, 4) is 11.8 Å². The zero-order chi connectivity index (χ0) is 12.3. The van der Waals surface area contributed by atoms with Gasteiger partial charge in [0, 0.05) is 18.0 Å². The molecule has 1 aromatic rings. The molecule has 2 N–H and O–H groups in total. The Morgan fingerprint density at radius 3 is 2.94 bits per heavy atom. The van der Waals surface area contributed by atoms with Crippen molar-refractivity contribution in [3.63, 3.8) is 0 Å². The quantitative estimate of drug-likeness (QED) is 0.800. The van der Waals surface area contributed by atoms with Gasteiger partial charge >= 0.3 is 0 Å². The van der Waals surface area contributed by atoms with E-state index in [9.17, 15) is 8.42 Å². The van der Waals surface area contributed by atoms with E-state index in [1.165, 1.54) is 11.3 Å².